The van der Waals surface area contributed by atoms with E-state index < -0.39 is 43.8 Å². The second kappa shape index (κ2) is 11.3. The molecule has 12 heteroatoms. The van der Waals surface area contributed by atoms with E-state index >= 15 is 4.39 Å². The Labute approximate surface area is 246 Å². The van der Waals surface area contributed by atoms with Gasteiger partial charge in [0.15, 0.2) is 19.7 Å². The standard InChI is InChI=1S/C30H33FNO7PS2/c1-29(2,42(6,36)37)25-18-23-11-8-16-32-28(23)27(19-25)22-10-7-9-21(17-22)20-30(31,40(33,38-3)39-4)24-12-14-26(15-13-24)41(5,34)35/h7-19H,20H2,1-6H3. The number of benzene rings is 3. The van der Waals surface area contributed by atoms with E-state index in [1.807, 2.05) is 6.07 Å². The van der Waals surface area contributed by atoms with Crippen LogP contribution in [0.5, 0.6) is 0 Å². The summed E-state index contributed by atoms with van der Waals surface area (Å²) in [7, 11) is -9.27. The summed E-state index contributed by atoms with van der Waals surface area (Å²) in [6, 6.07) is 19.1. The molecule has 1 aromatic heterocycles. The molecule has 0 N–H and O–H groups in total. The van der Waals surface area contributed by atoms with Gasteiger partial charge in [-0.25, -0.2) is 21.2 Å². The summed E-state index contributed by atoms with van der Waals surface area (Å²) in [4.78, 5) is 4.51. The predicted molar refractivity (Wildman–Crippen MR) is 163 cm³/mol. The summed E-state index contributed by atoms with van der Waals surface area (Å²) in [6.07, 6.45) is 3.43. The van der Waals surface area contributed by atoms with Crippen molar-refractivity contribution in [2.45, 2.75) is 35.3 Å². The fourth-order valence-electron chi connectivity index (χ4n) is 4.77. The van der Waals surface area contributed by atoms with Crippen LogP contribution in [0, 0.1) is 0 Å². The van der Waals surface area contributed by atoms with Gasteiger partial charge in [-0.3, -0.25) is 9.55 Å². The molecular weight excluding hydrogens is 600 g/mol. The molecule has 0 aliphatic carbocycles. The zero-order valence-corrected chi connectivity index (χ0v) is 26.7. The van der Waals surface area contributed by atoms with E-state index in [4.69, 9.17) is 9.05 Å². The summed E-state index contributed by atoms with van der Waals surface area (Å²) in [5, 5.41) is -1.94. The SMILES string of the molecule is COP(=O)(OC)C(F)(Cc1cccc(-c2cc(C(C)(C)S(C)(=O)=O)cc3cccnc23)c1)c1ccc(S(C)(=O)=O)cc1. The number of pyridine rings is 1. The third-order valence-electron chi connectivity index (χ3n) is 7.64. The molecule has 8 nitrogen and oxygen atoms in total. The third-order valence-corrected chi connectivity index (χ3v) is 13.1. The van der Waals surface area contributed by atoms with Gasteiger partial charge in [-0.15, -0.1) is 0 Å². The van der Waals surface area contributed by atoms with Crippen molar-refractivity contribution in [3.05, 3.63) is 95.7 Å². The minimum Gasteiger partial charge on any atom is -0.309 e. The molecular formula is C30H33FNO7PS2. The summed E-state index contributed by atoms with van der Waals surface area (Å²) in [5.41, 5.74) is 2.85. The topological polar surface area (TPSA) is 117 Å². The molecule has 0 amide bonds. The Hall–Kier alpha value is -2.95. The van der Waals surface area contributed by atoms with Gasteiger partial charge in [-0.2, -0.15) is 0 Å². The van der Waals surface area contributed by atoms with Crippen molar-refractivity contribution < 1.29 is 34.8 Å². The van der Waals surface area contributed by atoms with Crippen LogP contribution in [-0.2, 0) is 49.9 Å². The molecule has 0 radical (unpaired) electrons. The Balaban J connectivity index is 1.88. The zero-order chi connectivity index (χ0) is 31.1. The lowest BCUT2D eigenvalue weighted by atomic mass is 9.92. The van der Waals surface area contributed by atoms with Crippen LogP contribution in [0.2, 0.25) is 0 Å². The maximum absolute atomic E-state index is 17.1. The Kier molecular flexibility index (Phi) is 8.59. The number of hydrogen-bond donors (Lipinski definition) is 0. The van der Waals surface area contributed by atoms with E-state index in [2.05, 4.69) is 4.98 Å². The third kappa shape index (κ3) is 5.81. The molecule has 224 valence electrons. The van der Waals surface area contributed by atoms with Gasteiger partial charge in [-0.1, -0.05) is 42.5 Å². The van der Waals surface area contributed by atoms with Gasteiger partial charge in [0, 0.05) is 55.9 Å². The van der Waals surface area contributed by atoms with Crippen molar-refractivity contribution in [3.8, 4) is 11.1 Å². The van der Waals surface area contributed by atoms with E-state index in [0.717, 1.165) is 25.9 Å². The minimum absolute atomic E-state index is 0.0171. The molecule has 0 saturated heterocycles. The Morgan fingerprint density at radius 2 is 1.50 bits per heavy atom. The molecule has 1 heterocycles. The monoisotopic (exact) mass is 633 g/mol. The smallest absolute Gasteiger partial charge is 0.309 e. The first-order chi connectivity index (χ1) is 19.5. The van der Waals surface area contributed by atoms with Crippen molar-refractivity contribution in [3.63, 3.8) is 0 Å². The number of fused-ring (bicyclic) bond motifs is 1. The van der Waals surface area contributed by atoms with Gasteiger partial charge in [0.1, 0.15) is 0 Å². The van der Waals surface area contributed by atoms with E-state index in [0.29, 0.717) is 27.8 Å². The van der Waals surface area contributed by atoms with Crippen LogP contribution in [0.4, 0.5) is 4.39 Å². The zero-order valence-electron chi connectivity index (χ0n) is 24.2. The van der Waals surface area contributed by atoms with Crippen LogP contribution in [0.1, 0.15) is 30.5 Å². The first kappa shape index (κ1) is 32.0. The van der Waals surface area contributed by atoms with Crippen LogP contribution in [0.25, 0.3) is 22.0 Å². The van der Waals surface area contributed by atoms with Crippen molar-refractivity contribution >= 4 is 38.2 Å². The first-order valence-electron chi connectivity index (χ1n) is 12.9. The maximum atomic E-state index is 17.1. The van der Waals surface area contributed by atoms with E-state index in [1.54, 1.807) is 62.5 Å². The summed E-state index contributed by atoms with van der Waals surface area (Å²) < 4.78 is 89.0. The number of hydrogen-bond acceptors (Lipinski definition) is 8. The van der Waals surface area contributed by atoms with Gasteiger partial charge in [-0.05, 0) is 60.9 Å². The van der Waals surface area contributed by atoms with Gasteiger partial charge < -0.3 is 9.05 Å². The molecule has 0 spiro atoms. The lowest BCUT2D eigenvalue weighted by Gasteiger charge is -2.31. The fraction of sp³-hybridized carbons (Fsp3) is 0.300. The fourth-order valence-corrected chi connectivity index (χ4v) is 7.52. The highest BCUT2D eigenvalue weighted by atomic mass is 32.2. The highest BCUT2D eigenvalue weighted by Gasteiger charge is 2.52. The molecule has 0 fully saturated rings. The highest BCUT2D eigenvalue weighted by molar-refractivity contribution is 7.91. The number of aromatic nitrogens is 1. The molecule has 1 atom stereocenters. The highest BCUT2D eigenvalue weighted by Crippen LogP contribution is 2.66. The number of rotatable bonds is 10. The largest absolute Gasteiger partial charge is 0.371 e. The Morgan fingerprint density at radius 3 is 2.07 bits per heavy atom. The number of sulfone groups is 2. The van der Waals surface area contributed by atoms with Gasteiger partial charge >= 0.3 is 7.60 Å². The van der Waals surface area contributed by atoms with Crippen molar-refractivity contribution in [1.82, 2.24) is 4.98 Å². The minimum atomic E-state index is -4.42. The Morgan fingerprint density at radius 1 is 0.857 bits per heavy atom. The first-order valence-corrected chi connectivity index (χ1v) is 18.2. The number of nitrogens with zero attached hydrogens (tertiary/aromatic N) is 1. The lowest BCUT2D eigenvalue weighted by molar-refractivity contribution is 0.168. The lowest BCUT2D eigenvalue weighted by Crippen LogP contribution is -2.28. The van der Waals surface area contributed by atoms with Crippen LogP contribution >= 0.6 is 7.60 Å². The predicted octanol–water partition coefficient (Wildman–Crippen LogP) is 6.44. The summed E-state index contributed by atoms with van der Waals surface area (Å²) in [5.74, 6) is 0. The van der Waals surface area contributed by atoms with Crippen LogP contribution in [0.15, 0.2) is 83.9 Å². The van der Waals surface area contributed by atoms with Crippen molar-refractivity contribution in [2.24, 2.45) is 0 Å². The molecule has 0 saturated carbocycles. The summed E-state index contributed by atoms with van der Waals surface area (Å²) >= 11 is 0. The maximum Gasteiger partial charge on any atom is 0.371 e. The number of halogens is 1. The molecule has 4 aromatic rings. The molecule has 4 rings (SSSR count). The number of alkyl halides is 1. The van der Waals surface area contributed by atoms with Crippen LogP contribution < -0.4 is 0 Å². The van der Waals surface area contributed by atoms with Gasteiger partial charge in [0.25, 0.3) is 0 Å². The molecule has 42 heavy (non-hydrogen) atoms. The van der Waals surface area contributed by atoms with Crippen molar-refractivity contribution in [1.29, 1.82) is 0 Å². The van der Waals surface area contributed by atoms with E-state index in [9.17, 15) is 21.4 Å². The van der Waals surface area contributed by atoms with Crippen LogP contribution in [0.3, 0.4) is 0 Å². The van der Waals surface area contributed by atoms with Gasteiger partial charge in [0.05, 0.1) is 15.2 Å². The average molecular weight is 634 g/mol. The second-order valence-corrected chi connectivity index (χ2v) is 17.7. The average Bonchev–Trinajstić information content (AvgIpc) is 2.95. The molecule has 0 aliphatic rings. The van der Waals surface area contributed by atoms with Crippen LogP contribution in [-0.4, -0.2) is 48.6 Å². The normalized spacial score (nSPS) is 14.5. The molecule has 0 bridgehead atoms. The van der Waals surface area contributed by atoms with Crippen molar-refractivity contribution in [2.75, 3.05) is 26.7 Å². The second-order valence-electron chi connectivity index (χ2n) is 10.7. The van der Waals surface area contributed by atoms with E-state index in [-0.39, 0.29) is 10.5 Å². The van der Waals surface area contributed by atoms with E-state index in [1.165, 1.54) is 30.5 Å². The summed E-state index contributed by atoms with van der Waals surface area (Å²) in [6.45, 7) is 3.28. The quantitative estimate of drug-likeness (QED) is 0.183. The van der Waals surface area contributed by atoms with Gasteiger partial charge in [0.2, 0.25) is 5.41 Å². The molecule has 0 aliphatic heterocycles. The molecule has 3 aromatic carbocycles. The Bertz CT molecular complexity index is 1900. The molecule has 1 unspecified atom stereocenters.